The van der Waals surface area contributed by atoms with Crippen molar-refractivity contribution in [3.05, 3.63) is 24.2 Å². The minimum Gasteiger partial charge on any atom is -0.459 e. The number of ether oxygens (including phenoxy) is 1. The lowest BCUT2D eigenvalue weighted by atomic mass is 10.2. The molecule has 148 valence electrons. The second-order valence-electron chi connectivity index (χ2n) is 6.63. The van der Waals surface area contributed by atoms with E-state index in [1.54, 1.807) is 17.0 Å². The fraction of sp³-hybridized carbons (Fsp3) is 0.611. The molecule has 3 rings (SSSR count). The molecule has 2 aliphatic heterocycles. The third kappa shape index (κ3) is 5.30. The molecule has 0 aliphatic carbocycles. The van der Waals surface area contributed by atoms with Crippen LogP contribution in [-0.2, 0) is 14.3 Å². The Labute approximate surface area is 158 Å². The van der Waals surface area contributed by atoms with Crippen molar-refractivity contribution in [3.8, 4) is 0 Å². The summed E-state index contributed by atoms with van der Waals surface area (Å²) in [6.45, 7) is 6.12. The predicted octanol–water partition coefficient (Wildman–Crippen LogP) is -0.597. The van der Waals surface area contributed by atoms with Gasteiger partial charge in [-0.1, -0.05) is 0 Å². The monoisotopic (exact) mass is 378 g/mol. The lowest BCUT2D eigenvalue weighted by Crippen LogP contribution is -2.54. The molecule has 1 N–H and O–H groups in total. The maximum absolute atomic E-state index is 12.3. The van der Waals surface area contributed by atoms with Gasteiger partial charge in [-0.15, -0.1) is 0 Å². The summed E-state index contributed by atoms with van der Waals surface area (Å²) >= 11 is 0. The van der Waals surface area contributed by atoms with Crippen LogP contribution in [0.15, 0.2) is 22.8 Å². The first kappa shape index (κ1) is 19.4. The van der Waals surface area contributed by atoms with Gasteiger partial charge in [0.2, 0.25) is 0 Å². The summed E-state index contributed by atoms with van der Waals surface area (Å²) in [7, 11) is 0. The van der Waals surface area contributed by atoms with Crippen LogP contribution in [-0.4, -0.2) is 98.0 Å². The SMILES string of the molecule is O=C(NCCCN1CCOCC1)C(=O)N1CCN(C(=O)c2ccco2)CC1. The number of piperazine rings is 1. The highest BCUT2D eigenvalue weighted by atomic mass is 16.5. The van der Waals surface area contributed by atoms with E-state index >= 15 is 0 Å². The molecule has 0 radical (unpaired) electrons. The first-order chi connectivity index (χ1) is 13.1. The van der Waals surface area contributed by atoms with E-state index in [0.717, 1.165) is 39.3 Å². The van der Waals surface area contributed by atoms with Crippen molar-refractivity contribution >= 4 is 17.7 Å². The highest BCUT2D eigenvalue weighted by Gasteiger charge is 2.28. The number of furan rings is 1. The molecule has 9 nitrogen and oxygen atoms in total. The fourth-order valence-corrected chi connectivity index (χ4v) is 3.22. The van der Waals surface area contributed by atoms with Crippen LogP contribution < -0.4 is 5.32 Å². The molecule has 2 aliphatic rings. The van der Waals surface area contributed by atoms with Gasteiger partial charge >= 0.3 is 11.8 Å². The molecule has 2 fully saturated rings. The number of amides is 3. The van der Waals surface area contributed by atoms with Crippen molar-refractivity contribution < 1.29 is 23.5 Å². The molecule has 1 aromatic heterocycles. The van der Waals surface area contributed by atoms with Gasteiger partial charge in [-0.3, -0.25) is 19.3 Å². The van der Waals surface area contributed by atoms with Gasteiger partial charge in [0.15, 0.2) is 5.76 Å². The van der Waals surface area contributed by atoms with Crippen LogP contribution in [0.5, 0.6) is 0 Å². The van der Waals surface area contributed by atoms with Gasteiger partial charge in [-0.25, -0.2) is 0 Å². The molecule has 2 saturated heterocycles. The van der Waals surface area contributed by atoms with Gasteiger partial charge in [0.05, 0.1) is 19.5 Å². The zero-order chi connectivity index (χ0) is 19.1. The quantitative estimate of drug-likeness (QED) is 0.543. The van der Waals surface area contributed by atoms with Crippen molar-refractivity contribution in [2.75, 3.05) is 65.6 Å². The van der Waals surface area contributed by atoms with Gasteiger partial charge < -0.3 is 24.3 Å². The van der Waals surface area contributed by atoms with Gasteiger partial charge in [-0.05, 0) is 25.1 Å². The Bertz CT molecular complexity index is 634. The molecule has 0 atom stereocenters. The lowest BCUT2D eigenvalue weighted by Gasteiger charge is -2.33. The summed E-state index contributed by atoms with van der Waals surface area (Å²) in [5.74, 6) is -1.03. The molecular weight excluding hydrogens is 352 g/mol. The average Bonchev–Trinajstić information content (AvgIpc) is 3.26. The van der Waals surface area contributed by atoms with E-state index in [1.165, 1.54) is 11.2 Å². The van der Waals surface area contributed by atoms with Gasteiger partial charge in [0, 0.05) is 45.8 Å². The summed E-state index contributed by atoms with van der Waals surface area (Å²) < 4.78 is 10.4. The summed E-state index contributed by atoms with van der Waals surface area (Å²) in [5.41, 5.74) is 0. The van der Waals surface area contributed by atoms with E-state index in [4.69, 9.17) is 9.15 Å². The normalized spacial score (nSPS) is 18.4. The first-order valence-corrected chi connectivity index (χ1v) is 9.35. The molecule has 3 amide bonds. The molecule has 1 aromatic rings. The van der Waals surface area contributed by atoms with Crippen LogP contribution in [0.2, 0.25) is 0 Å². The van der Waals surface area contributed by atoms with E-state index in [1.807, 2.05) is 0 Å². The van der Waals surface area contributed by atoms with Crippen LogP contribution in [0.25, 0.3) is 0 Å². The molecule has 0 bridgehead atoms. The van der Waals surface area contributed by atoms with Crippen LogP contribution in [0.3, 0.4) is 0 Å². The van der Waals surface area contributed by atoms with Gasteiger partial charge in [0.25, 0.3) is 5.91 Å². The molecular formula is C18H26N4O5. The number of carbonyl (C=O) groups is 3. The summed E-state index contributed by atoms with van der Waals surface area (Å²) in [4.78, 5) is 41.9. The maximum atomic E-state index is 12.3. The largest absolute Gasteiger partial charge is 0.459 e. The third-order valence-electron chi connectivity index (χ3n) is 4.82. The smallest absolute Gasteiger partial charge is 0.312 e. The molecule has 0 spiro atoms. The number of hydrogen-bond donors (Lipinski definition) is 1. The van der Waals surface area contributed by atoms with Gasteiger partial charge in [-0.2, -0.15) is 0 Å². The van der Waals surface area contributed by atoms with Crippen molar-refractivity contribution in [2.45, 2.75) is 6.42 Å². The van der Waals surface area contributed by atoms with Crippen LogP contribution >= 0.6 is 0 Å². The molecule has 27 heavy (non-hydrogen) atoms. The second kappa shape index (κ2) is 9.52. The summed E-state index contributed by atoms with van der Waals surface area (Å²) in [5, 5.41) is 2.69. The van der Waals surface area contributed by atoms with Crippen molar-refractivity contribution in [2.24, 2.45) is 0 Å². The number of carbonyl (C=O) groups excluding carboxylic acids is 3. The molecule has 0 saturated carbocycles. The van der Waals surface area contributed by atoms with Crippen LogP contribution in [0.4, 0.5) is 0 Å². The zero-order valence-corrected chi connectivity index (χ0v) is 15.4. The number of nitrogens with zero attached hydrogens (tertiary/aromatic N) is 3. The van der Waals surface area contributed by atoms with Crippen molar-refractivity contribution in [3.63, 3.8) is 0 Å². The third-order valence-corrected chi connectivity index (χ3v) is 4.82. The van der Waals surface area contributed by atoms with Crippen molar-refractivity contribution in [1.29, 1.82) is 0 Å². The Morgan fingerprint density at radius 2 is 1.70 bits per heavy atom. The minimum absolute atomic E-state index is 0.195. The van der Waals surface area contributed by atoms with Crippen molar-refractivity contribution in [1.82, 2.24) is 20.0 Å². The van der Waals surface area contributed by atoms with E-state index in [9.17, 15) is 14.4 Å². The first-order valence-electron chi connectivity index (χ1n) is 9.35. The highest BCUT2D eigenvalue weighted by Crippen LogP contribution is 2.09. The molecule has 3 heterocycles. The zero-order valence-electron chi connectivity index (χ0n) is 15.4. The Morgan fingerprint density at radius 1 is 1.00 bits per heavy atom. The average molecular weight is 378 g/mol. The number of morpholine rings is 1. The lowest BCUT2D eigenvalue weighted by molar-refractivity contribution is -0.146. The highest BCUT2D eigenvalue weighted by molar-refractivity contribution is 6.35. The fourth-order valence-electron chi connectivity index (χ4n) is 3.22. The van der Waals surface area contributed by atoms with E-state index in [0.29, 0.717) is 32.7 Å². The van der Waals surface area contributed by atoms with Crippen LogP contribution in [0.1, 0.15) is 17.0 Å². The van der Waals surface area contributed by atoms with Crippen LogP contribution in [0, 0.1) is 0 Å². The predicted molar refractivity (Wildman–Crippen MR) is 96.1 cm³/mol. The summed E-state index contributed by atoms with van der Waals surface area (Å²) in [6, 6.07) is 3.28. The molecule has 0 aromatic carbocycles. The Balaban J connectivity index is 1.34. The maximum Gasteiger partial charge on any atom is 0.312 e. The number of nitrogens with one attached hydrogen (secondary N) is 1. The Morgan fingerprint density at radius 3 is 2.37 bits per heavy atom. The molecule has 9 heteroatoms. The van der Waals surface area contributed by atoms with E-state index in [-0.39, 0.29) is 11.7 Å². The number of rotatable bonds is 5. The Kier molecular flexibility index (Phi) is 6.83. The van der Waals surface area contributed by atoms with E-state index in [2.05, 4.69) is 10.2 Å². The second-order valence-corrected chi connectivity index (χ2v) is 6.63. The Hall–Kier alpha value is -2.39. The minimum atomic E-state index is -0.581. The molecule has 0 unspecified atom stereocenters. The van der Waals surface area contributed by atoms with Gasteiger partial charge in [0.1, 0.15) is 0 Å². The van der Waals surface area contributed by atoms with E-state index < -0.39 is 11.8 Å². The standard InChI is InChI=1S/C18H26N4O5/c23-16(19-4-2-5-20-10-13-26-14-11-20)18(25)22-8-6-21(7-9-22)17(24)15-3-1-12-27-15/h1,3,12H,2,4-11,13-14H2,(H,19,23). The number of hydrogen-bond acceptors (Lipinski definition) is 6. The topological polar surface area (TPSA) is 95.3 Å². The summed E-state index contributed by atoms with van der Waals surface area (Å²) in [6.07, 6.45) is 2.25.